The Kier molecular flexibility index (Phi) is 5.72. The van der Waals surface area contributed by atoms with Gasteiger partial charge in [-0.25, -0.2) is 14.8 Å². The molecule has 0 fully saturated rings. The van der Waals surface area contributed by atoms with Gasteiger partial charge >= 0.3 is 5.97 Å². The van der Waals surface area contributed by atoms with Crippen LogP contribution in [0, 0.1) is 18.3 Å². The Morgan fingerprint density at radius 1 is 1.11 bits per heavy atom. The van der Waals surface area contributed by atoms with Gasteiger partial charge in [0.2, 0.25) is 0 Å². The summed E-state index contributed by atoms with van der Waals surface area (Å²) in [6, 6.07) is 15.6. The first kappa shape index (κ1) is 19.1. The first-order valence-electron chi connectivity index (χ1n) is 8.26. The zero-order chi connectivity index (χ0) is 20.1. The minimum Gasteiger partial charge on any atom is -0.465 e. The summed E-state index contributed by atoms with van der Waals surface area (Å²) in [6.07, 6.45) is 0. The van der Waals surface area contributed by atoms with Crippen molar-refractivity contribution in [1.82, 2.24) is 9.97 Å². The van der Waals surface area contributed by atoms with E-state index in [-0.39, 0.29) is 0 Å². The highest BCUT2D eigenvalue weighted by Crippen LogP contribution is 2.27. The number of nitrogens with one attached hydrogen (secondary N) is 2. The number of methoxy groups -OCH3 is 1. The summed E-state index contributed by atoms with van der Waals surface area (Å²) < 4.78 is 4.74. The number of aryl methyl sites for hydroxylation is 1. The van der Waals surface area contributed by atoms with Crippen LogP contribution in [0.1, 0.15) is 21.7 Å². The minimum absolute atomic E-state index is 0.367. The third kappa shape index (κ3) is 4.55. The molecule has 1 aromatic heterocycles. The van der Waals surface area contributed by atoms with Gasteiger partial charge < -0.3 is 15.4 Å². The third-order valence-electron chi connectivity index (χ3n) is 3.75. The molecule has 2 aromatic carbocycles. The van der Waals surface area contributed by atoms with E-state index in [4.69, 9.17) is 21.6 Å². The molecule has 0 unspecified atom stereocenters. The Hall–Kier alpha value is -3.63. The molecule has 0 bridgehead atoms. The van der Waals surface area contributed by atoms with Gasteiger partial charge in [-0.1, -0.05) is 17.7 Å². The molecule has 3 rings (SSSR count). The molecule has 0 aliphatic rings. The standard InChI is InChI=1S/C20H16ClN5O2/c1-12-23-18(25-15-5-3-4-13(8-15)11-22)10-19(24-12)26-17-9-14(20(27)28-2)6-7-16(17)21/h3-10H,1-2H3,(H2,23,24,25,26). The first-order chi connectivity index (χ1) is 13.5. The minimum atomic E-state index is -0.460. The molecule has 8 heteroatoms. The van der Waals surface area contributed by atoms with Crippen molar-refractivity contribution in [1.29, 1.82) is 5.26 Å². The van der Waals surface area contributed by atoms with Gasteiger partial charge in [0.15, 0.2) is 0 Å². The van der Waals surface area contributed by atoms with E-state index in [2.05, 4.69) is 26.7 Å². The summed E-state index contributed by atoms with van der Waals surface area (Å²) in [5.74, 6) is 1.11. The van der Waals surface area contributed by atoms with E-state index in [0.29, 0.717) is 39.3 Å². The molecule has 0 radical (unpaired) electrons. The van der Waals surface area contributed by atoms with E-state index < -0.39 is 5.97 Å². The van der Waals surface area contributed by atoms with Crippen LogP contribution in [0.4, 0.5) is 23.0 Å². The molecule has 7 nitrogen and oxygen atoms in total. The number of nitrogens with zero attached hydrogens (tertiary/aromatic N) is 3. The van der Waals surface area contributed by atoms with Crippen molar-refractivity contribution in [3.63, 3.8) is 0 Å². The Bertz CT molecular complexity index is 1080. The lowest BCUT2D eigenvalue weighted by atomic mass is 10.2. The molecule has 1 heterocycles. The Morgan fingerprint density at radius 3 is 2.57 bits per heavy atom. The van der Waals surface area contributed by atoms with Crippen LogP contribution in [0.15, 0.2) is 48.5 Å². The lowest BCUT2D eigenvalue weighted by Gasteiger charge is -2.12. The van der Waals surface area contributed by atoms with Gasteiger partial charge in [0.25, 0.3) is 0 Å². The number of nitriles is 1. The second kappa shape index (κ2) is 8.37. The molecular weight excluding hydrogens is 378 g/mol. The van der Waals surface area contributed by atoms with Crippen LogP contribution in [-0.2, 0) is 4.74 Å². The van der Waals surface area contributed by atoms with Gasteiger partial charge in [0.1, 0.15) is 17.5 Å². The molecular formula is C20H16ClN5O2. The van der Waals surface area contributed by atoms with Gasteiger partial charge in [-0.2, -0.15) is 5.26 Å². The van der Waals surface area contributed by atoms with Gasteiger partial charge in [0, 0.05) is 11.8 Å². The molecule has 0 amide bonds. The number of carbonyl (C=O) groups excluding carboxylic acids is 1. The van der Waals surface area contributed by atoms with Gasteiger partial charge in [-0.15, -0.1) is 0 Å². The zero-order valence-corrected chi connectivity index (χ0v) is 15.9. The van der Waals surface area contributed by atoms with E-state index >= 15 is 0 Å². The third-order valence-corrected chi connectivity index (χ3v) is 4.08. The van der Waals surface area contributed by atoms with Crippen LogP contribution >= 0.6 is 11.6 Å². The SMILES string of the molecule is COC(=O)c1ccc(Cl)c(Nc2cc(Nc3cccc(C#N)c3)nc(C)n2)c1. The van der Waals surface area contributed by atoms with Crippen LogP contribution in [0.3, 0.4) is 0 Å². The average molecular weight is 394 g/mol. The highest BCUT2D eigenvalue weighted by Gasteiger charge is 2.11. The van der Waals surface area contributed by atoms with Crippen LogP contribution in [0.2, 0.25) is 5.02 Å². The van der Waals surface area contributed by atoms with Crippen molar-refractivity contribution >= 4 is 40.6 Å². The number of rotatable bonds is 5. The lowest BCUT2D eigenvalue weighted by Crippen LogP contribution is -2.04. The van der Waals surface area contributed by atoms with Crippen LogP contribution in [0.25, 0.3) is 0 Å². The monoisotopic (exact) mass is 393 g/mol. The fourth-order valence-electron chi connectivity index (χ4n) is 2.51. The van der Waals surface area contributed by atoms with Crippen LogP contribution < -0.4 is 10.6 Å². The maximum absolute atomic E-state index is 11.7. The number of aromatic nitrogens is 2. The lowest BCUT2D eigenvalue weighted by molar-refractivity contribution is 0.0601. The zero-order valence-electron chi connectivity index (χ0n) is 15.2. The van der Waals surface area contributed by atoms with Crippen LogP contribution in [-0.4, -0.2) is 23.0 Å². The summed E-state index contributed by atoms with van der Waals surface area (Å²) in [4.78, 5) is 20.4. The highest BCUT2D eigenvalue weighted by molar-refractivity contribution is 6.33. The van der Waals surface area contributed by atoms with E-state index in [1.165, 1.54) is 7.11 Å². The van der Waals surface area contributed by atoms with Crippen molar-refractivity contribution in [2.75, 3.05) is 17.7 Å². The van der Waals surface area contributed by atoms with E-state index in [9.17, 15) is 4.79 Å². The molecule has 140 valence electrons. The fraction of sp³-hybridized carbons (Fsp3) is 0.100. The van der Waals surface area contributed by atoms with E-state index in [0.717, 1.165) is 5.69 Å². The molecule has 0 aliphatic carbocycles. The number of anilines is 4. The quantitative estimate of drug-likeness (QED) is 0.611. The normalized spacial score (nSPS) is 10.1. The summed E-state index contributed by atoms with van der Waals surface area (Å²) >= 11 is 6.23. The highest BCUT2D eigenvalue weighted by atomic mass is 35.5. The largest absolute Gasteiger partial charge is 0.465 e. The predicted molar refractivity (Wildman–Crippen MR) is 107 cm³/mol. The molecule has 3 aromatic rings. The van der Waals surface area contributed by atoms with Gasteiger partial charge in [-0.05, 0) is 43.3 Å². The first-order valence-corrected chi connectivity index (χ1v) is 8.64. The molecule has 2 N–H and O–H groups in total. The number of hydrogen-bond donors (Lipinski definition) is 2. The predicted octanol–water partition coefficient (Wildman–Crippen LogP) is 4.58. The summed E-state index contributed by atoms with van der Waals surface area (Å²) in [5.41, 5.74) is 2.15. The molecule has 0 spiro atoms. The molecule has 0 aliphatic heterocycles. The maximum atomic E-state index is 11.7. The fourth-order valence-corrected chi connectivity index (χ4v) is 2.68. The van der Waals surface area contributed by atoms with Crippen molar-refractivity contribution in [2.45, 2.75) is 6.92 Å². The maximum Gasteiger partial charge on any atom is 0.337 e. The molecule has 0 saturated heterocycles. The van der Waals surface area contributed by atoms with Crippen LogP contribution in [0.5, 0.6) is 0 Å². The number of benzene rings is 2. The number of esters is 1. The van der Waals surface area contributed by atoms with Crippen molar-refractivity contribution < 1.29 is 9.53 Å². The molecule has 0 saturated carbocycles. The van der Waals surface area contributed by atoms with Crippen molar-refractivity contribution in [3.05, 3.63) is 70.5 Å². The van der Waals surface area contributed by atoms with Gasteiger partial charge in [0.05, 0.1) is 35.0 Å². The number of hydrogen-bond acceptors (Lipinski definition) is 7. The van der Waals surface area contributed by atoms with Crippen molar-refractivity contribution in [2.24, 2.45) is 0 Å². The Balaban J connectivity index is 1.88. The number of carbonyl (C=O) groups is 1. The Morgan fingerprint density at radius 2 is 1.86 bits per heavy atom. The molecule has 0 atom stereocenters. The second-order valence-corrected chi connectivity index (χ2v) is 6.22. The summed E-state index contributed by atoms with van der Waals surface area (Å²) in [6.45, 7) is 1.76. The number of ether oxygens (including phenoxy) is 1. The summed E-state index contributed by atoms with van der Waals surface area (Å²) in [5, 5.41) is 15.7. The number of halogens is 1. The van der Waals surface area contributed by atoms with E-state index in [1.807, 2.05) is 6.07 Å². The smallest absolute Gasteiger partial charge is 0.337 e. The topological polar surface area (TPSA) is 99.9 Å². The second-order valence-electron chi connectivity index (χ2n) is 5.81. The summed E-state index contributed by atoms with van der Waals surface area (Å²) in [7, 11) is 1.32. The average Bonchev–Trinajstić information content (AvgIpc) is 2.68. The van der Waals surface area contributed by atoms with E-state index in [1.54, 1.807) is 49.4 Å². The van der Waals surface area contributed by atoms with Crippen molar-refractivity contribution in [3.8, 4) is 6.07 Å². The van der Waals surface area contributed by atoms with Gasteiger partial charge in [-0.3, -0.25) is 0 Å². The molecule has 28 heavy (non-hydrogen) atoms. The Labute approximate surface area is 167 Å².